The molecule has 2 aromatic carbocycles. The van der Waals surface area contributed by atoms with Crippen molar-refractivity contribution in [3.8, 4) is 0 Å². The largest absolute Gasteiger partial charge is 0.320 e. The molecule has 0 spiro atoms. The van der Waals surface area contributed by atoms with Crippen LogP contribution in [0.25, 0.3) is 0 Å². The third-order valence-corrected chi connectivity index (χ3v) is 5.18. The minimum Gasteiger partial charge on any atom is -0.320 e. The van der Waals surface area contributed by atoms with Crippen molar-refractivity contribution in [2.24, 2.45) is 5.73 Å². The van der Waals surface area contributed by atoms with Gasteiger partial charge in [0, 0.05) is 5.02 Å². The highest BCUT2D eigenvalue weighted by Gasteiger charge is 2.20. The minimum absolute atomic E-state index is 0.137. The normalized spacial score (nSPS) is 12.6. The number of hydrogen-bond donors (Lipinski definition) is 1. The molecule has 0 amide bonds. The molecular weight excluding hydrogens is 278 g/mol. The lowest BCUT2D eigenvalue weighted by molar-refractivity contribution is 0.835. The van der Waals surface area contributed by atoms with E-state index in [0.29, 0.717) is 0 Å². The van der Waals surface area contributed by atoms with Gasteiger partial charge in [-0.25, -0.2) is 0 Å². The number of benzene rings is 2. The lowest BCUT2D eigenvalue weighted by atomic mass is 9.83. The topological polar surface area (TPSA) is 26.0 Å². The number of halogens is 1. The van der Waals surface area contributed by atoms with Gasteiger partial charge in [0.2, 0.25) is 0 Å². The van der Waals surface area contributed by atoms with Crippen molar-refractivity contribution in [1.29, 1.82) is 0 Å². The van der Waals surface area contributed by atoms with Gasteiger partial charge < -0.3 is 5.73 Å². The zero-order chi connectivity index (χ0) is 15.9. The Balaban J connectivity index is 2.69. The number of nitrogens with two attached hydrogens (primary N) is 1. The van der Waals surface area contributed by atoms with Crippen LogP contribution in [-0.2, 0) is 0 Å². The van der Waals surface area contributed by atoms with Crippen LogP contribution in [0.5, 0.6) is 0 Å². The van der Waals surface area contributed by atoms with Crippen molar-refractivity contribution in [3.63, 3.8) is 0 Å². The standard InChI is InChI=1S/C19H24ClN/c1-10-7-8-16(20)9-17(10)19(21)18-14(5)12(3)11(2)13(4)15(18)6/h7-9,19H,21H2,1-6H3. The van der Waals surface area contributed by atoms with E-state index in [0.717, 1.165) is 10.6 Å². The lowest BCUT2D eigenvalue weighted by Crippen LogP contribution is -2.18. The van der Waals surface area contributed by atoms with Gasteiger partial charge in [-0.05, 0) is 98.2 Å². The average Bonchev–Trinajstić information content (AvgIpc) is 2.45. The summed E-state index contributed by atoms with van der Waals surface area (Å²) in [5.74, 6) is 0. The fourth-order valence-electron chi connectivity index (χ4n) is 3.10. The summed E-state index contributed by atoms with van der Waals surface area (Å²) in [5.41, 5.74) is 16.8. The molecule has 0 aliphatic rings. The Labute approximate surface area is 133 Å². The minimum atomic E-state index is -0.137. The van der Waals surface area contributed by atoms with Crippen LogP contribution in [-0.4, -0.2) is 0 Å². The SMILES string of the molecule is Cc1ccc(Cl)cc1C(N)c1c(C)c(C)c(C)c(C)c1C. The second-order valence-electron chi connectivity index (χ2n) is 6.02. The lowest BCUT2D eigenvalue weighted by Gasteiger charge is -2.24. The van der Waals surface area contributed by atoms with Crippen LogP contribution in [0.2, 0.25) is 5.02 Å². The molecule has 2 N–H and O–H groups in total. The number of hydrogen-bond acceptors (Lipinski definition) is 1. The average molecular weight is 302 g/mol. The monoisotopic (exact) mass is 301 g/mol. The number of rotatable bonds is 2. The predicted molar refractivity (Wildman–Crippen MR) is 92.3 cm³/mol. The van der Waals surface area contributed by atoms with E-state index in [-0.39, 0.29) is 6.04 Å². The fraction of sp³-hybridized carbons (Fsp3) is 0.368. The molecule has 2 heteroatoms. The fourth-order valence-corrected chi connectivity index (χ4v) is 3.28. The van der Waals surface area contributed by atoms with E-state index in [1.807, 2.05) is 18.2 Å². The molecule has 0 heterocycles. The molecule has 1 nitrogen and oxygen atoms in total. The molecule has 0 saturated carbocycles. The first-order valence-electron chi connectivity index (χ1n) is 7.34. The summed E-state index contributed by atoms with van der Waals surface area (Å²) in [6.07, 6.45) is 0. The molecule has 112 valence electrons. The number of aryl methyl sites for hydroxylation is 1. The Morgan fingerprint density at radius 2 is 1.29 bits per heavy atom. The van der Waals surface area contributed by atoms with Crippen LogP contribution in [0, 0.1) is 41.5 Å². The maximum Gasteiger partial charge on any atom is 0.0560 e. The van der Waals surface area contributed by atoms with Gasteiger partial charge in [-0.15, -0.1) is 0 Å². The van der Waals surface area contributed by atoms with E-state index < -0.39 is 0 Å². The molecule has 0 radical (unpaired) electrons. The molecule has 21 heavy (non-hydrogen) atoms. The molecule has 0 fully saturated rings. The summed E-state index contributed by atoms with van der Waals surface area (Å²) < 4.78 is 0. The summed E-state index contributed by atoms with van der Waals surface area (Å²) in [6.45, 7) is 13.0. The van der Waals surface area contributed by atoms with Crippen molar-refractivity contribution < 1.29 is 0 Å². The zero-order valence-corrected chi connectivity index (χ0v) is 14.5. The zero-order valence-electron chi connectivity index (χ0n) is 13.8. The van der Waals surface area contributed by atoms with Crippen molar-refractivity contribution in [1.82, 2.24) is 0 Å². The Kier molecular flexibility index (Phi) is 4.46. The maximum atomic E-state index is 6.62. The molecule has 0 aliphatic heterocycles. The smallest absolute Gasteiger partial charge is 0.0560 e. The van der Waals surface area contributed by atoms with Crippen molar-refractivity contribution in [2.75, 3.05) is 0 Å². The van der Waals surface area contributed by atoms with E-state index in [4.69, 9.17) is 17.3 Å². The molecular formula is C19H24ClN. The third kappa shape index (κ3) is 2.73. The van der Waals surface area contributed by atoms with Crippen molar-refractivity contribution >= 4 is 11.6 Å². The van der Waals surface area contributed by atoms with Crippen LogP contribution < -0.4 is 5.73 Å². The van der Waals surface area contributed by atoms with Gasteiger partial charge in [0.15, 0.2) is 0 Å². The summed E-state index contributed by atoms with van der Waals surface area (Å²) in [4.78, 5) is 0. The van der Waals surface area contributed by atoms with E-state index >= 15 is 0 Å². The Bertz CT molecular complexity index is 672. The van der Waals surface area contributed by atoms with Crippen molar-refractivity contribution in [2.45, 2.75) is 47.6 Å². The first-order valence-corrected chi connectivity index (χ1v) is 7.72. The van der Waals surface area contributed by atoms with Gasteiger partial charge in [0.25, 0.3) is 0 Å². The molecule has 0 aliphatic carbocycles. The van der Waals surface area contributed by atoms with E-state index in [9.17, 15) is 0 Å². The third-order valence-electron chi connectivity index (χ3n) is 4.95. The second kappa shape index (κ2) is 5.82. The second-order valence-corrected chi connectivity index (χ2v) is 6.45. The molecule has 2 rings (SSSR count). The van der Waals surface area contributed by atoms with E-state index in [1.165, 1.54) is 38.9 Å². The van der Waals surface area contributed by atoms with Crippen LogP contribution in [0.3, 0.4) is 0 Å². The summed E-state index contributed by atoms with van der Waals surface area (Å²) in [6, 6.07) is 5.81. The summed E-state index contributed by atoms with van der Waals surface area (Å²) >= 11 is 6.16. The molecule has 0 bridgehead atoms. The first kappa shape index (κ1) is 16.1. The predicted octanol–water partition coefficient (Wildman–Crippen LogP) is 5.24. The highest BCUT2D eigenvalue weighted by atomic mass is 35.5. The van der Waals surface area contributed by atoms with Crippen molar-refractivity contribution in [3.05, 3.63) is 67.7 Å². The Hall–Kier alpha value is -1.31. The summed E-state index contributed by atoms with van der Waals surface area (Å²) in [5, 5.41) is 0.738. The summed E-state index contributed by atoms with van der Waals surface area (Å²) in [7, 11) is 0. The van der Waals surface area contributed by atoms with Gasteiger partial charge >= 0.3 is 0 Å². The van der Waals surface area contributed by atoms with Gasteiger partial charge in [0.05, 0.1) is 6.04 Å². The van der Waals surface area contributed by atoms with Gasteiger partial charge in [-0.3, -0.25) is 0 Å². The first-order chi connectivity index (χ1) is 9.75. The maximum absolute atomic E-state index is 6.62. The molecule has 0 saturated heterocycles. The Morgan fingerprint density at radius 1 is 0.810 bits per heavy atom. The van der Waals surface area contributed by atoms with Gasteiger partial charge in [0.1, 0.15) is 0 Å². The highest BCUT2D eigenvalue weighted by molar-refractivity contribution is 6.30. The quantitative estimate of drug-likeness (QED) is 0.806. The Morgan fingerprint density at radius 3 is 1.81 bits per heavy atom. The van der Waals surface area contributed by atoms with E-state index in [2.05, 4.69) is 41.5 Å². The molecule has 1 unspecified atom stereocenters. The van der Waals surface area contributed by atoms with Crippen LogP contribution in [0.1, 0.15) is 50.5 Å². The van der Waals surface area contributed by atoms with Gasteiger partial charge in [-0.1, -0.05) is 17.7 Å². The molecule has 0 aromatic heterocycles. The van der Waals surface area contributed by atoms with Gasteiger partial charge in [-0.2, -0.15) is 0 Å². The highest BCUT2D eigenvalue weighted by Crippen LogP contribution is 2.34. The van der Waals surface area contributed by atoms with Crippen LogP contribution in [0.15, 0.2) is 18.2 Å². The van der Waals surface area contributed by atoms with Crippen LogP contribution in [0.4, 0.5) is 0 Å². The molecule has 1 atom stereocenters. The van der Waals surface area contributed by atoms with E-state index in [1.54, 1.807) is 0 Å². The van der Waals surface area contributed by atoms with Crippen LogP contribution >= 0.6 is 11.6 Å². The molecule has 2 aromatic rings.